The lowest BCUT2D eigenvalue weighted by molar-refractivity contribution is -0.142. The minimum Gasteiger partial charge on any atom is -0.508 e. The van der Waals surface area contributed by atoms with Crippen molar-refractivity contribution in [2.75, 3.05) is 0 Å². The fourth-order valence-electron chi connectivity index (χ4n) is 3.42. The minimum absolute atomic E-state index is 0.0139. The van der Waals surface area contributed by atoms with E-state index in [-0.39, 0.29) is 24.5 Å². The van der Waals surface area contributed by atoms with Gasteiger partial charge in [-0.3, -0.25) is 19.2 Å². The SMILES string of the molecule is CC(C)C(N)C(=O)NC(Cc1cnc[nH]1)C(=O)NC(CC(N)=O)C(=O)NC(Cc1ccc(O)cc1)C(=O)O. The lowest BCUT2D eigenvalue weighted by atomic mass is 10.0. The molecule has 1 aromatic carbocycles. The molecule has 0 aliphatic heterocycles. The number of nitrogens with zero attached hydrogens (tertiary/aromatic N) is 1. The fourth-order valence-corrected chi connectivity index (χ4v) is 3.42. The normalized spacial score (nSPS) is 14.1. The maximum Gasteiger partial charge on any atom is 0.326 e. The summed E-state index contributed by atoms with van der Waals surface area (Å²) in [6.07, 6.45) is 2.04. The second-order valence-corrected chi connectivity index (χ2v) is 9.11. The van der Waals surface area contributed by atoms with E-state index in [9.17, 15) is 34.2 Å². The molecule has 0 aliphatic rings. The summed E-state index contributed by atoms with van der Waals surface area (Å²) in [5.41, 5.74) is 12.2. The predicted molar refractivity (Wildman–Crippen MR) is 134 cm³/mol. The van der Waals surface area contributed by atoms with Gasteiger partial charge in [0.1, 0.15) is 23.9 Å². The second kappa shape index (κ2) is 13.7. The zero-order valence-electron chi connectivity index (χ0n) is 21.0. The summed E-state index contributed by atoms with van der Waals surface area (Å²) < 4.78 is 0. The maximum absolute atomic E-state index is 13.2. The number of carboxylic acid groups (broad SMARTS) is 1. The molecular formula is C24H33N7O7. The van der Waals surface area contributed by atoms with E-state index in [2.05, 4.69) is 25.9 Å². The summed E-state index contributed by atoms with van der Waals surface area (Å²) in [7, 11) is 0. The van der Waals surface area contributed by atoms with Crippen molar-refractivity contribution in [1.82, 2.24) is 25.9 Å². The van der Waals surface area contributed by atoms with Crippen LogP contribution in [0.25, 0.3) is 0 Å². The van der Waals surface area contributed by atoms with Crippen LogP contribution in [-0.4, -0.2) is 73.9 Å². The first-order valence-electron chi connectivity index (χ1n) is 11.8. The number of primary amides is 1. The molecule has 0 radical (unpaired) electrons. The van der Waals surface area contributed by atoms with Gasteiger partial charge in [0, 0.05) is 24.7 Å². The highest BCUT2D eigenvalue weighted by atomic mass is 16.4. The number of aliphatic carboxylic acids is 1. The summed E-state index contributed by atoms with van der Waals surface area (Å²) in [5, 5.41) is 26.2. The molecule has 0 aliphatic carbocycles. The van der Waals surface area contributed by atoms with E-state index in [4.69, 9.17) is 11.5 Å². The quantitative estimate of drug-likeness (QED) is 0.138. The number of carbonyl (C=O) groups excluding carboxylic acids is 4. The highest BCUT2D eigenvalue weighted by Gasteiger charge is 2.32. The van der Waals surface area contributed by atoms with Crippen LogP contribution in [-0.2, 0) is 36.8 Å². The van der Waals surface area contributed by atoms with Crippen molar-refractivity contribution >= 4 is 29.6 Å². The molecule has 206 valence electrons. The first-order valence-corrected chi connectivity index (χ1v) is 11.8. The largest absolute Gasteiger partial charge is 0.508 e. The Morgan fingerprint density at radius 2 is 1.50 bits per heavy atom. The van der Waals surface area contributed by atoms with Crippen LogP contribution in [0.5, 0.6) is 5.75 Å². The number of aromatic nitrogens is 2. The van der Waals surface area contributed by atoms with Gasteiger partial charge in [0.25, 0.3) is 0 Å². The number of amides is 4. The van der Waals surface area contributed by atoms with Gasteiger partial charge in [-0.15, -0.1) is 0 Å². The Kier molecular flexibility index (Phi) is 10.8. The van der Waals surface area contributed by atoms with E-state index in [0.717, 1.165) is 0 Å². The molecule has 14 nitrogen and oxygen atoms in total. The van der Waals surface area contributed by atoms with Gasteiger partial charge in [-0.1, -0.05) is 26.0 Å². The number of hydrogen-bond donors (Lipinski definition) is 8. The molecule has 2 aromatic rings. The number of nitrogens with one attached hydrogen (secondary N) is 4. The van der Waals surface area contributed by atoms with Crippen LogP contribution < -0.4 is 27.4 Å². The average Bonchev–Trinajstić information content (AvgIpc) is 3.36. The summed E-state index contributed by atoms with van der Waals surface area (Å²) in [4.78, 5) is 68.8. The molecule has 0 saturated heterocycles. The number of carboxylic acids is 1. The van der Waals surface area contributed by atoms with Gasteiger partial charge in [0.15, 0.2) is 0 Å². The lowest BCUT2D eigenvalue weighted by Gasteiger charge is -2.25. The molecule has 0 spiro atoms. The van der Waals surface area contributed by atoms with Gasteiger partial charge < -0.3 is 42.6 Å². The molecule has 0 bridgehead atoms. The number of imidazole rings is 1. The van der Waals surface area contributed by atoms with Gasteiger partial charge >= 0.3 is 5.97 Å². The number of benzene rings is 1. The molecule has 10 N–H and O–H groups in total. The fraction of sp³-hybridized carbons (Fsp3) is 0.417. The number of phenols is 1. The van der Waals surface area contributed by atoms with Crippen LogP contribution in [0.1, 0.15) is 31.5 Å². The van der Waals surface area contributed by atoms with Crippen molar-refractivity contribution in [1.29, 1.82) is 0 Å². The summed E-state index contributed by atoms with van der Waals surface area (Å²) in [6, 6.07) is 0.661. The second-order valence-electron chi connectivity index (χ2n) is 9.11. The minimum atomic E-state index is -1.53. The van der Waals surface area contributed by atoms with Crippen LogP contribution in [0.15, 0.2) is 36.8 Å². The monoisotopic (exact) mass is 531 g/mol. The number of aromatic hydroxyl groups is 1. The van der Waals surface area contributed by atoms with Crippen molar-refractivity contribution in [3.63, 3.8) is 0 Å². The standard InChI is InChI=1S/C24H33N7O7/c1-12(2)20(26)23(36)30-16(8-14-10-27-11-28-14)21(34)29-17(9-19(25)33)22(35)31-18(24(37)38)7-13-3-5-15(32)6-4-13/h3-6,10-12,16-18,20,32H,7-9,26H2,1-2H3,(H2,25,33)(H,27,28)(H,29,34)(H,30,36)(H,31,35)(H,37,38). The van der Waals surface area contributed by atoms with Crippen molar-refractivity contribution in [3.05, 3.63) is 48.0 Å². The zero-order valence-corrected chi connectivity index (χ0v) is 21.0. The van der Waals surface area contributed by atoms with E-state index in [0.29, 0.717) is 11.3 Å². The highest BCUT2D eigenvalue weighted by molar-refractivity contribution is 5.96. The van der Waals surface area contributed by atoms with Gasteiger partial charge in [0.05, 0.1) is 18.8 Å². The molecule has 0 saturated carbocycles. The molecule has 4 unspecified atom stereocenters. The van der Waals surface area contributed by atoms with Gasteiger partial charge in [-0.25, -0.2) is 9.78 Å². The van der Waals surface area contributed by atoms with E-state index < -0.39 is 60.2 Å². The Hall–Kier alpha value is -4.46. The lowest BCUT2D eigenvalue weighted by Crippen LogP contribution is -2.58. The predicted octanol–water partition coefficient (Wildman–Crippen LogP) is -1.70. The number of aromatic amines is 1. The van der Waals surface area contributed by atoms with Crippen molar-refractivity contribution in [3.8, 4) is 5.75 Å². The summed E-state index contributed by atoms with van der Waals surface area (Å²) in [5.74, 6) is -4.91. The van der Waals surface area contributed by atoms with Gasteiger partial charge in [-0.05, 0) is 23.6 Å². The first-order chi connectivity index (χ1) is 17.9. The molecule has 1 heterocycles. The number of phenolic OH excluding ortho intramolecular Hbond substituents is 1. The number of nitrogens with two attached hydrogens (primary N) is 2. The molecule has 4 amide bonds. The van der Waals surface area contributed by atoms with E-state index in [1.807, 2.05) is 0 Å². The van der Waals surface area contributed by atoms with Crippen molar-refractivity contribution in [2.45, 2.75) is 57.3 Å². The number of carbonyl (C=O) groups is 5. The average molecular weight is 532 g/mol. The molecule has 1 aromatic heterocycles. The smallest absolute Gasteiger partial charge is 0.326 e. The summed E-state index contributed by atoms with van der Waals surface area (Å²) >= 11 is 0. The topological polar surface area (TPSA) is 243 Å². The molecule has 14 heteroatoms. The van der Waals surface area contributed by atoms with Crippen LogP contribution in [0, 0.1) is 5.92 Å². The third kappa shape index (κ3) is 9.20. The Morgan fingerprint density at radius 3 is 2.03 bits per heavy atom. The molecule has 2 rings (SSSR count). The number of H-pyrrole nitrogens is 1. The Balaban J connectivity index is 2.20. The maximum atomic E-state index is 13.2. The molecular weight excluding hydrogens is 498 g/mol. The number of hydrogen-bond acceptors (Lipinski definition) is 8. The van der Waals surface area contributed by atoms with Crippen molar-refractivity contribution < 1.29 is 34.2 Å². The van der Waals surface area contributed by atoms with Crippen LogP contribution in [0.3, 0.4) is 0 Å². The van der Waals surface area contributed by atoms with E-state index in [1.54, 1.807) is 13.8 Å². The number of rotatable bonds is 14. The van der Waals surface area contributed by atoms with Gasteiger partial charge in [-0.2, -0.15) is 0 Å². The van der Waals surface area contributed by atoms with Crippen LogP contribution >= 0.6 is 0 Å². The Labute approximate surface area is 218 Å². The first kappa shape index (κ1) is 29.8. The molecule has 0 fully saturated rings. The third-order valence-corrected chi connectivity index (χ3v) is 5.66. The third-order valence-electron chi connectivity index (χ3n) is 5.66. The van der Waals surface area contributed by atoms with Crippen molar-refractivity contribution in [2.24, 2.45) is 17.4 Å². The highest BCUT2D eigenvalue weighted by Crippen LogP contribution is 2.12. The van der Waals surface area contributed by atoms with Gasteiger partial charge in [0.2, 0.25) is 23.6 Å². The summed E-state index contributed by atoms with van der Waals surface area (Å²) in [6.45, 7) is 3.47. The van der Waals surface area contributed by atoms with E-state index >= 15 is 0 Å². The Morgan fingerprint density at radius 1 is 0.921 bits per heavy atom. The molecule has 4 atom stereocenters. The van der Waals surface area contributed by atoms with Crippen LogP contribution in [0.4, 0.5) is 0 Å². The Bertz CT molecular complexity index is 1120. The molecule has 38 heavy (non-hydrogen) atoms. The zero-order chi connectivity index (χ0) is 28.4. The van der Waals surface area contributed by atoms with E-state index in [1.165, 1.54) is 36.8 Å². The van der Waals surface area contributed by atoms with Crippen LogP contribution in [0.2, 0.25) is 0 Å².